The normalized spacial score (nSPS) is 9.50. The van der Waals surface area contributed by atoms with Crippen LogP contribution in [0, 0.1) is 28.7 Å². The van der Waals surface area contributed by atoms with E-state index in [1.165, 1.54) is 14.7 Å². The minimum Gasteiger partial charge on any atom is -0.198 e. The molecule has 62 valence electrons. The molecule has 2 heteroatoms. The maximum Gasteiger partial charge on any atom is 0.0669 e. The van der Waals surface area contributed by atoms with Crippen LogP contribution in [0.25, 0.3) is 0 Å². The molecule has 0 spiro atoms. The summed E-state index contributed by atoms with van der Waals surface area (Å²) in [6, 6.07) is 6.39. The van der Waals surface area contributed by atoms with Crippen LogP contribution in [-0.4, -0.2) is 0 Å². The first-order valence-electron chi connectivity index (χ1n) is 3.77. The summed E-state index contributed by atoms with van der Waals surface area (Å²) in [4.78, 5) is 0. The van der Waals surface area contributed by atoms with Gasteiger partial charge in [0.1, 0.15) is 0 Å². The van der Waals surface area contributed by atoms with Crippen LogP contribution in [0.3, 0.4) is 0 Å². The fourth-order valence-corrected chi connectivity index (χ4v) is 1.67. The van der Waals surface area contributed by atoms with Crippen molar-refractivity contribution in [1.82, 2.24) is 0 Å². The van der Waals surface area contributed by atoms with Crippen LogP contribution in [0.15, 0.2) is 12.1 Å². The molecule has 0 radical (unpaired) electrons. The molecule has 1 rings (SSSR count). The summed E-state index contributed by atoms with van der Waals surface area (Å²) in [5.74, 6) is 0. The molecule has 0 fully saturated rings. The van der Waals surface area contributed by atoms with Gasteiger partial charge in [0, 0.05) is 3.57 Å². The summed E-state index contributed by atoms with van der Waals surface area (Å²) >= 11 is 2.30. The van der Waals surface area contributed by atoms with Crippen LogP contribution in [0.1, 0.15) is 16.7 Å². The maximum atomic E-state index is 8.55. The summed E-state index contributed by atoms with van der Waals surface area (Å²) in [6.07, 6.45) is 0.516. The van der Waals surface area contributed by atoms with Gasteiger partial charge in [-0.2, -0.15) is 5.26 Å². The zero-order valence-electron chi connectivity index (χ0n) is 7.19. The number of hydrogen-bond donors (Lipinski definition) is 0. The van der Waals surface area contributed by atoms with Crippen LogP contribution in [0.5, 0.6) is 0 Å². The van der Waals surface area contributed by atoms with Gasteiger partial charge in [0.25, 0.3) is 0 Å². The summed E-state index contributed by atoms with van der Waals surface area (Å²) in [5.41, 5.74) is 3.65. The van der Waals surface area contributed by atoms with Crippen molar-refractivity contribution in [3.63, 3.8) is 0 Å². The van der Waals surface area contributed by atoms with Gasteiger partial charge in [0.05, 0.1) is 12.5 Å². The number of hydrogen-bond acceptors (Lipinski definition) is 1. The van der Waals surface area contributed by atoms with Gasteiger partial charge < -0.3 is 0 Å². The number of nitriles is 1. The van der Waals surface area contributed by atoms with E-state index in [0.29, 0.717) is 6.42 Å². The standard InChI is InChI=1S/C10H10IN/c1-7-5-8(2)10(11)6-9(7)3-4-12/h5-6H,3H2,1-2H3. The fraction of sp³-hybridized carbons (Fsp3) is 0.300. The minimum absolute atomic E-state index is 0.516. The highest BCUT2D eigenvalue weighted by Crippen LogP contribution is 2.17. The monoisotopic (exact) mass is 271 g/mol. The van der Waals surface area contributed by atoms with Crippen LogP contribution in [0.4, 0.5) is 0 Å². The molecule has 0 aliphatic heterocycles. The van der Waals surface area contributed by atoms with Crippen molar-refractivity contribution in [2.45, 2.75) is 20.3 Å². The molecule has 0 bridgehead atoms. The fourth-order valence-electron chi connectivity index (χ4n) is 1.14. The van der Waals surface area contributed by atoms with Crippen molar-refractivity contribution >= 4 is 22.6 Å². The van der Waals surface area contributed by atoms with Crippen LogP contribution >= 0.6 is 22.6 Å². The molecule has 0 aliphatic carbocycles. The lowest BCUT2D eigenvalue weighted by Gasteiger charge is -2.04. The molecule has 0 amide bonds. The lowest BCUT2D eigenvalue weighted by atomic mass is 10.0. The Balaban J connectivity index is 3.16. The third-order valence-corrected chi connectivity index (χ3v) is 3.05. The van der Waals surface area contributed by atoms with E-state index in [-0.39, 0.29) is 0 Å². The number of benzene rings is 1. The largest absolute Gasteiger partial charge is 0.198 e. The first-order chi connectivity index (χ1) is 5.65. The molecule has 12 heavy (non-hydrogen) atoms. The van der Waals surface area contributed by atoms with Crippen molar-refractivity contribution in [3.05, 3.63) is 32.4 Å². The Bertz CT molecular complexity index is 336. The van der Waals surface area contributed by atoms with Crippen molar-refractivity contribution < 1.29 is 0 Å². The van der Waals surface area contributed by atoms with Crippen molar-refractivity contribution in [2.24, 2.45) is 0 Å². The van der Waals surface area contributed by atoms with E-state index in [4.69, 9.17) is 5.26 Å². The second-order valence-electron chi connectivity index (χ2n) is 2.86. The van der Waals surface area contributed by atoms with Crippen molar-refractivity contribution in [2.75, 3.05) is 0 Å². The molecule has 0 saturated carbocycles. The average molecular weight is 271 g/mol. The summed E-state index contributed by atoms with van der Waals surface area (Å²) in [7, 11) is 0. The zero-order valence-corrected chi connectivity index (χ0v) is 9.34. The van der Waals surface area contributed by atoms with E-state index in [0.717, 1.165) is 5.56 Å². The van der Waals surface area contributed by atoms with Gasteiger partial charge in [0.15, 0.2) is 0 Å². The molecule has 0 unspecified atom stereocenters. The third kappa shape index (κ3) is 1.98. The lowest BCUT2D eigenvalue weighted by Crippen LogP contribution is -1.91. The number of rotatable bonds is 1. The summed E-state index contributed by atoms with van der Waals surface area (Å²) < 4.78 is 1.24. The highest BCUT2D eigenvalue weighted by molar-refractivity contribution is 14.1. The highest BCUT2D eigenvalue weighted by atomic mass is 127. The summed E-state index contributed by atoms with van der Waals surface area (Å²) in [6.45, 7) is 4.14. The van der Waals surface area contributed by atoms with Crippen LogP contribution < -0.4 is 0 Å². The van der Waals surface area contributed by atoms with Crippen molar-refractivity contribution in [3.8, 4) is 6.07 Å². The maximum absolute atomic E-state index is 8.55. The molecule has 0 saturated heterocycles. The van der Waals surface area contributed by atoms with Crippen LogP contribution in [0.2, 0.25) is 0 Å². The lowest BCUT2D eigenvalue weighted by molar-refractivity contribution is 1.19. The Morgan fingerprint density at radius 1 is 1.33 bits per heavy atom. The van der Waals surface area contributed by atoms with Gasteiger partial charge in [-0.25, -0.2) is 0 Å². The van der Waals surface area contributed by atoms with E-state index < -0.39 is 0 Å². The molecule has 1 aromatic carbocycles. The number of halogens is 1. The first kappa shape index (κ1) is 9.53. The predicted molar refractivity (Wildman–Crippen MR) is 58.0 cm³/mol. The second kappa shape index (κ2) is 3.90. The quantitative estimate of drug-likeness (QED) is 0.720. The van der Waals surface area contributed by atoms with Gasteiger partial charge in [-0.3, -0.25) is 0 Å². The van der Waals surface area contributed by atoms with Gasteiger partial charge in [-0.1, -0.05) is 6.07 Å². The minimum atomic E-state index is 0.516. The Hall–Kier alpha value is -0.560. The van der Waals surface area contributed by atoms with Gasteiger partial charge in [-0.15, -0.1) is 0 Å². The van der Waals surface area contributed by atoms with E-state index in [2.05, 4.69) is 54.6 Å². The van der Waals surface area contributed by atoms with E-state index >= 15 is 0 Å². The average Bonchev–Trinajstić information content (AvgIpc) is 2.01. The smallest absolute Gasteiger partial charge is 0.0669 e. The van der Waals surface area contributed by atoms with E-state index in [1.54, 1.807) is 0 Å². The SMILES string of the molecule is Cc1cc(C)c(CC#N)cc1I. The Morgan fingerprint density at radius 3 is 2.58 bits per heavy atom. The molecule has 0 N–H and O–H groups in total. The Morgan fingerprint density at radius 2 is 2.00 bits per heavy atom. The highest BCUT2D eigenvalue weighted by Gasteiger charge is 2.01. The molecule has 1 aromatic rings. The number of aryl methyl sites for hydroxylation is 2. The molecule has 1 nitrogen and oxygen atoms in total. The van der Waals surface area contributed by atoms with Crippen molar-refractivity contribution in [1.29, 1.82) is 5.26 Å². The zero-order chi connectivity index (χ0) is 9.14. The van der Waals surface area contributed by atoms with E-state index in [9.17, 15) is 0 Å². The second-order valence-corrected chi connectivity index (χ2v) is 4.02. The predicted octanol–water partition coefficient (Wildman–Crippen LogP) is 2.97. The molecule has 0 heterocycles. The third-order valence-electron chi connectivity index (χ3n) is 1.89. The molecule has 0 atom stereocenters. The summed E-state index contributed by atoms with van der Waals surface area (Å²) in [5, 5.41) is 8.55. The van der Waals surface area contributed by atoms with Gasteiger partial charge in [0.2, 0.25) is 0 Å². The molecular weight excluding hydrogens is 261 g/mol. The molecular formula is C10H10IN. The van der Waals surface area contributed by atoms with Gasteiger partial charge >= 0.3 is 0 Å². The van der Waals surface area contributed by atoms with Gasteiger partial charge in [-0.05, 0) is 59.2 Å². The van der Waals surface area contributed by atoms with Crippen LogP contribution in [-0.2, 0) is 6.42 Å². The molecule has 0 aliphatic rings. The Kier molecular flexibility index (Phi) is 3.10. The van der Waals surface area contributed by atoms with E-state index in [1.807, 2.05) is 0 Å². The Labute approximate surface area is 86.5 Å². The number of nitrogens with zero attached hydrogens (tertiary/aromatic N) is 1. The first-order valence-corrected chi connectivity index (χ1v) is 4.85. The topological polar surface area (TPSA) is 23.8 Å². The molecule has 0 aromatic heterocycles.